The number of nitrogens with zero attached hydrogens (tertiary/aromatic N) is 2. The van der Waals surface area contributed by atoms with E-state index in [-0.39, 0.29) is 0 Å². The normalized spacial score (nSPS) is 10.5. The Kier molecular flexibility index (Phi) is 5.20. The molecule has 2 N–H and O–H groups in total. The molecule has 106 valence electrons. The largest absolute Gasteiger partial charge is 0.438 e. The smallest absolute Gasteiger partial charge is 0.224 e. The van der Waals surface area contributed by atoms with E-state index in [1.54, 1.807) is 17.8 Å². The third-order valence-electron chi connectivity index (χ3n) is 2.49. The zero-order valence-corrected chi connectivity index (χ0v) is 12.3. The summed E-state index contributed by atoms with van der Waals surface area (Å²) in [5.41, 5.74) is 5.76. The number of aromatic nitrogens is 2. The van der Waals surface area contributed by atoms with Gasteiger partial charge in [-0.15, -0.1) is 11.8 Å². The van der Waals surface area contributed by atoms with Crippen LogP contribution < -0.4 is 10.5 Å². The third-order valence-corrected chi connectivity index (χ3v) is 3.26. The van der Waals surface area contributed by atoms with Crippen LogP contribution in [0.3, 0.4) is 0 Å². The predicted molar refractivity (Wildman–Crippen MR) is 80.1 cm³/mol. The topological polar surface area (TPSA) is 70.3 Å². The predicted octanol–water partition coefficient (Wildman–Crippen LogP) is 3.11. The summed E-state index contributed by atoms with van der Waals surface area (Å²) in [7, 11) is 0. The van der Waals surface area contributed by atoms with Crippen molar-refractivity contribution in [3.63, 3.8) is 0 Å². The number of para-hydroxylation sites is 1. The van der Waals surface area contributed by atoms with Crippen LogP contribution >= 0.6 is 11.8 Å². The molecular weight excluding hydrogens is 274 g/mol. The molecule has 0 fully saturated rings. The van der Waals surface area contributed by atoms with Crippen LogP contribution in [0.2, 0.25) is 0 Å². The highest BCUT2D eigenvalue weighted by Crippen LogP contribution is 2.30. The van der Waals surface area contributed by atoms with Gasteiger partial charge in [0.2, 0.25) is 5.88 Å². The van der Waals surface area contributed by atoms with Crippen LogP contribution in [0.5, 0.6) is 11.6 Å². The number of nitrogen functional groups attached to an aromatic ring is 1. The Bertz CT molecular complexity index is 578. The van der Waals surface area contributed by atoms with Gasteiger partial charge in [-0.05, 0) is 25.3 Å². The second kappa shape index (κ2) is 7.12. The van der Waals surface area contributed by atoms with E-state index in [1.807, 2.05) is 37.4 Å². The quantitative estimate of drug-likeness (QED) is 0.825. The van der Waals surface area contributed by atoms with E-state index in [1.165, 1.54) is 0 Å². The lowest BCUT2D eigenvalue weighted by Gasteiger charge is -2.10. The summed E-state index contributed by atoms with van der Waals surface area (Å²) in [4.78, 5) is 9.44. The van der Waals surface area contributed by atoms with Crippen molar-refractivity contribution in [2.45, 2.75) is 18.4 Å². The lowest BCUT2D eigenvalue weighted by Crippen LogP contribution is -2.03. The molecule has 0 saturated carbocycles. The van der Waals surface area contributed by atoms with Gasteiger partial charge in [-0.3, -0.25) is 0 Å². The molecule has 5 nitrogen and oxygen atoms in total. The first-order valence-corrected chi connectivity index (χ1v) is 7.47. The van der Waals surface area contributed by atoms with Crippen molar-refractivity contribution in [3.8, 4) is 11.6 Å². The first-order valence-electron chi connectivity index (χ1n) is 6.25. The molecule has 1 heterocycles. The highest BCUT2D eigenvalue weighted by Gasteiger charge is 2.07. The van der Waals surface area contributed by atoms with Gasteiger partial charge in [0.05, 0.1) is 0 Å². The minimum absolute atomic E-state index is 0.322. The van der Waals surface area contributed by atoms with E-state index in [0.717, 1.165) is 10.6 Å². The average molecular weight is 291 g/mol. The molecule has 2 rings (SSSR count). The van der Waals surface area contributed by atoms with Crippen LogP contribution in [-0.2, 0) is 11.3 Å². The lowest BCUT2D eigenvalue weighted by molar-refractivity contribution is 0.128. The number of hydrogen-bond acceptors (Lipinski definition) is 6. The first-order chi connectivity index (χ1) is 9.72. The molecule has 6 heteroatoms. The molecule has 2 aromatic rings. The minimum Gasteiger partial charge on any atom is -0.438 e. The van der Waals surface area contributed by atoms with Crippen molar-refractivity contribution < 1.29 is 9.47 Å². The maximum absolute atomic E-state index is 5.79. The number of thioether (sulfide) groups is 1. The maximum Gasteiger partial charge on any atom is 0.224 e. The highest BCUT2D eigenvalue weighted by molar-refractivity contribution is 7.98. The van der Waals surface area contributed by atoms with Crippen molar-refractivity contribution in [2.75, 3.05) is 18.6 Å². The summed E-state index contributed by atoms with van der Waals surface area (Å²) in [6.45, 7) is 2.84. The minimum atomic E-state index is 0.322. The van der Waals surface area contributed by atoms with Gasteiger partial charge < -0.3 is 15.2 Å². The molecule has 0 radical (unpaired) electrons. The second-order valence-electron chi connectivity index (χ2n) is 3.94. The van der Waals surface area contributed by atoms with Crippen molar-refractivity contribution in [3.05, 3.63) is 36.2 Å². The molecule has 0 aliphatic heterocycles. The second-order valence-corrected chi connectivity index (χ2v) is 4.79. The zero-order chi connectivity index (χ0) is 14.4. The fraction of sp³-hybridized carbons (Fsp3) is 0.286. The molecule has 0 bridgehead atoms. The summed E-state index contributed by atoms with van der Waals surface area (Å²) >= 11 is 1.61. The number of anilines is 1. The molecule has 1 aromatic heterocycles. The summed E-state index contributed by atoms with van der Waals surface area (Å²) < 4.78 is 11.1. The van der Waals surface area contributed by atoms with Crippen LogP contribution in [0.15, 0.2) is 35.2 Å². The van der Waals surface area contributed by atoms with Crippen molar-refractivity contribution in [1.29, 1.82) is 0 Å². The molecule has 0 unspecified atom stereocenters. The van der Waals surface area contributed by atoms with Gasteiger partial charge in [0.15, 0.2) is 5.82 Å². The number of nitrogens with two attached hydrogens (primary N) is 1. The molecule has 0 aliphatic rings. The number of hydrogen-bond donors (Lipinski definition) is 1. The average Bonchev–Trinajstić information content (AvgIpc) is 2.45. The Morgan fingerprint density at radius 2 is 2.05 bits per heavy atom. The van der Waals surface area contributed by atoms with Crippen molar-refractivity contribution >= 4 is 17.6 Å². The summed E-state index contributed by atoms with van der Waals surface area (Å²) in [5.74, 6) is 2.06. The van der Waals surface area contributed by atoms with Gasteiger partial charge in [-0.25, -0.2) is 4.98 Å². The van der Waals surface area contributed by atoms with E-state index in [4.69, 9.17) is 15.2 Å². The summed E-state index contributed by atoms with van der Waals surface area (Å²) in [6, 6.07) is 9.37. The van der Waals surface area contributed by atoms with E-state index in [9.17, 15) is 0 Å². The van der Waals surface area contributed by atoms with Gasteiger partial charge in [0.25, 0.3) is 0 Å². The number of rotatable bonds is 6. The highest BCUT2D eigenvalue weighted by atomic mass is 32.2. The molecule has 0 aliphatic carbocycles. The molecular formula is C14H17N3O2S. The van der Waals surface area contributed by atoms with Gasteiger partial charge >= 0.3 is 0 Å². The monoisotopic (exact) mass is 291 g/mol. The summed E-state index contributed by atoms with van der Waals surface area (Å²) in [6.07, 6.45) is 2.00. The van der Waals surface area contributed by atoms with E-state index in [2.05, 4.69) is 9.97 Å². The fourth-order valence-electron chi connectivity index (χ4n) is 1.62. The number of benzene rings is 1. The number of ether oxygens (including phenoxy) is 2. The third kappa shape index (κ3) is 3.85. The maximum atomic E-state index is 5.79. The fourth-order valence-corrected chi connectivity index (χ4v) is 2.14. The van der Waals surface area contributed by atoms with Crippen LogP contribution in [0, 0.1) is 0 Å². The van der Waals surface area contributed by atoms with Crippen molar-refractivity contribution in [1.82, 2.24) is 9.97 Å². The van der Waals surface area contributed by atoms with Crippen LogP contribution in [-0.4, -0.2) is 22.8 Å². The molecule has 1 aromatic carbocycles. The molecule has 20 heavy (non-hydrogen) atoms. The Hall–Kier alpha value is -1.79. The van der Waals surface area contributed by atoms with Gasteiger partial charge in [0, 0.05) is 17.6 Å². The Morgan fingerprint density at radius 3 is 2.80 bits per heavy atom. The summed E-state index contributed by atoms with van der Waals surface area (Å²) in [5, 5.41) is 0. The van der Waals surface area contributed by atoms with Crippen LogP contribution in [0.1, 0.15) is 12.7 Å². The van der Waals surface area contributed by atoms with E-state index < -0.39 is 0 Å². The van der Waals surface area contributed by atoms with Crippen LogP contribution in [0.25, 0.3) is 0 Å². The lowest BCUT2D eigenvalue weighted by atomic mass is 10.3. The Balaban J connectivity index is 2.22. The zero-order valence-electron chi connectivity index (χ0n) is 11.5. The van der Waals surface area contributed by atoms with Crippen LogP contribution in [0.4, 0.5) is 5.82 Å². The molecule has 0 spiro atoms. The van der Waals surface area contributed by atoms with Gasteiger partial charge in [0.1, 0.15) is 18.2 Å². The SMILES string of the molecule is CCOCc1nc(N)cc(Oc2ccccc2SC)n1. The standard InChI is InChI=1S/C14H17N3O2S/c1-3-18-9-13-16-12(15)8-14(17-13)19-10-6-4-5-7-11(10)20-2/h4-8H,3,9H2,1-2H3,(H2,15,16,17). The van der Waals surface area contributed by atoms with Crippen molar-refractivity contribution in [2.24, 2.45) is 0 Å². The van der Waals surface area contributed by atoms with Gasteiger partial charge in [-0.1, -0.05) is 12.1 Å². The Morgan fingerprint density at radius 1 is 1.25 bits per heavy atom. The van der Waals surface area contributed by atoms with Gasteiger partial charge in [-0.2, -0.15) is 4.98 Å². The Labute approximate surface area is 122 Å². The van der Waals surface area contributed by atoms with E-state index >= 15 is 0 Å². The molecule has 0 atom stereocenters. The molecule has 0 saturated heterocycles. The van der Waals surface area contributed by atoms with E-state index in [0.29, 0.717) is 30.7 Å². The first kappa shape index (κ1) is 14.6. The molecule has 0 amide bonds.